The van der Waals surface area contributed by atoms with Gasteiger partial charge in [0.2, 0.25) is 0 Å². The first-order valence-electron chi connectivity index (χ1n) is 26.2. The van der Waals surface area contributed by atoms with Crippen molar-refractivity contribution in [1.29, 1.82) is 0 Å². The van der Waals surface area contributed by atoms with Crippen molar-refractivity contribution in [1.82, 2.24) is 15.0 Å². The van der Waals surface area contributed by atoms with Crippen LogP contribution in [0.5, 0.6) is 0 Å². The van der Waals surface area contributed by atoms with Crippen LogP contribution in [0.1, 0.15) is 0 Å². The monoisotopic (exact) mass is 1180 g/mol. The van der Waals surface area contributed by atoms with Crippen LogP contribution >= 0.6 is 0 Å². The molecule has 0 saturated heterocycles. The molecule has 0 unspecified atom stereocenters. The first kappa shape index (κ1) is 50.1. The summed E-state index contributed by atoms with van der Waals surface area (Å²) in [6.07, 6.45) is 6.01. The fourth-order valence-electron chi connectivity index (χ4n) is 10.5. The Labute approximate surface area is 475 Å². The van der Waals surface area contributed by atoms with Crippen LogP contribution in [0.3, 0.4) is 0 Å². The molecule has 4 heteroatoms. The molecule has 0 atom stereocenters. The molecule has 3 aromatic heterocycles. The second-order valence-electron chi connectivity index (χ2n) is 19.3. The minimum Gasteiger partial charge on any atom is -0.304 e. The number of rotatable bonds is 12. The average molecular weight is 1180 g/mol. The maximum Gasteiger partial charge on any atom is 3.00 e. The molecule has 0 N–H and O–H groups in total. The number of pyridine rings is 3. The van der Waals surface area contributed by atoms with Gasteiger partial charge in [-0.05, 0) is 136 Å². The third-order valence-corrected chi connectivity index (χ3v) is 14.4. The molecule has 0 fully saturated rings. The van der Waals surface area contributed by atoms with Gasteiger partial charge < -0.3 is 15.0 Å². The Kier molecular flexibility index (Phi) is 14.5. The summed E-state index contributed by atoms with van der Waals surface area (Å²) in [6.45, 7) is 0. The Hall–Kier alpha value is -9.70. The largest absolute Gasteiger partial charge is 3.00 e. The van der Waals surface area contributed by atoms with E-state index in [2.05, 4.69) is 231 Å². The Balaban J connectivity index is 0.00000623. The van der Waals surface area contributed by atoms with Crippen molar-refractivity contribution >= 4 is 0 Å². The zero-order chi connectivity index (χ0) is 52.0. The van der Waals surface area contributed by atoms with Crippen LogP contribution < -0.4 is 0 Å². The van der Waals surface area contributed by atoms with Crippen molar-refractivity contribution in [3.05, 3.63) is 310 Å². The van der Waals surface area contributed by atoms with Crippen LogP contribution in [-0.4, -0.2) is 15.0 Å². The molecule has 0 radical (unpaired) electrons. The summed E-state index contributed by atoms with van der Waals surface area (Å²) in [6, 6.07) is 106. The van der Waals surface area contributed by atoms with Gasteiger partial charge in [-0.3, -0.25) is 0 Å². The molecule has 372 valence electrons. The molecule has 79 heavy (non-hydrogen) atoms. The van der Waals surface area contributed by atoms with E-state index in [4.69, 9.17) is 15.0 Å². The third-order valence-electron chi connectivity index (χ3n) is 14.4. The molecule has 13 aromatic rings. The normalized spacial score (nSPS) is 10.9. The van der Waals surface area contributed by atoms with E-state index in [1.807, 2.05) is 79.1 Å². The summed E-state index contributed by atoms with van der Waals surface area (Å²) in [5.41, 5.74) is 25.2. The molecule has 0 aliphatic rings. The first-order chi connectivity index (χ1) is 38.7. The zero-order valence-electron chi connectivity index (χ0n) is 42.9. The van der Waals surface area contributed by atoms with E-state index >= 15 is 0 Å². The predicted octanol–water partition coefficient (Wildman–Crippen LogP) is 19.3. The van der Waals surface area contributed by atoms with E-state index in [0.717, 1.165) is 123 Å². The summed E-state index contributed by atoms with van der Waals surface area (Å²) < 4.78 is 0. The van der Waals surface area contributed by atoms with Gasteiger partial charge in [-0.1, -0.05) is 176 Å². The molecule has 0 bridgehead atoms. The van der Waals surface area contributed by atoms with E-state index in [-0.39, 0.29) is 20.1 Å². The molecule has 0 aliphatic heterocycles. The van der Waals surface area contributed by atoms with Gasteiger partial charge in [-0.15, -0.1) is 108 Å². The van der Waals surface area contributed by atoms with E-state index in [1.54, 1.807) is 0 Å². The van der Waals surface area contributed by atoms with Gasteiger partial charge in [0.25, 0.3) is 0 Å². The van der Waals surface area contributed by atoms with E-state index in [0.29, 0.717) is 0 Å². The minimum absolute atomic E-state index is 0. The van der Waals surface area contributed by atoms with Crippen molar-refractivity contribution in [3.63, 3.8) is 0 Å². The van der Waals surface area contributed by atoms with Gasteiger partial charge in [0, 0.05) is 24.2 Å². The summed E-state index contributed by atoms with van der Waals surface area (Å²) in [7, 11) is 0. The molecule has 13 rings (SSSR count). The first-order valence-corrected chi connectivity index (χ1v) is 26.2. The molecule has 10 aromatic carbocycles. The van der Waals surface area contributed by atoms with Crippen LogP contribution in [0.2, 0.25) is 0 Å². The average Bonchev–Trinajstić information content (AvgIpc) is 3.59. The molecular weight excluding hydrogens is 1140 g/mol. The van der Waals surface area contributed by atoms with Crippen molar-refractivity contribution in [2.45, 2.75) is 0 Å². The predicted molar refractivity (Wildman–Crippen MR) is 322 cm³/mol. The Morgan fingerprint density at radius 3 is 1.03 bits per heavy atom. The van der Waals surface area contributed by atoms with Crippen LogP contribution in [0, 0.1) is 18.2 Å². The van der Waals surface area contributed by atoms with E-state index < -0.39 is 0 Å². The fourth-order valence-corrected chi connectivity index (χ4v) is 10.5. The smallest absolute Gasteiger partial charge is 0.304 e. The Morgan fingerprint density at radius 1 is 0.203 bits per heavy atom. The molecule has 3 nitrogen and oxygen atoms in total. The minimum atomic E-state index is 0. The van der Waals surface area contributed by atoms with Crippen LogP contribution in [-0.2, 0) is 20.1 Å². The quantitative estimate of drug-likeness (QED) is 0.114. The van der Waals surface area contributed by atoms with Gasteiger partial charge in [-0.2, -0.15) is 0 Å². The molecular formula is C75H48IrN3. The molecule has 0 amide bonds. The van der Waals surface area contributed by atoms with Crippen molar-refractivity contribution in [2.75, 3.05) is 0 Å². The number of nitrogens with zero attached hydrogens (tertiary/aromatic N) is 3. The van der Waals surface area contributed by atoms with Gasteiger partial charge in [0.05, 0.1) is 0 Å². The second kappa shape index (κ2) is 22.9. The van der Waals surface area contributed by atoms with Crippen LogP contribution in [0.15, 0.2) is 292 Å². The summed E-state index contributed by atoms with van der Waals surface area (Å²) >= 11 is 0. The SMILES string of the molecule is [Ir+3].[c-]1ccccc1-c1ccc(-c2ccccc2-c2cc(-c3ccccc3-c3ccc(-c4[c-]cccc4)nc3)cc(-c3ccccc3-c3cnc(-c4[c-]cccc4)cc3-c3cccc(-c4ccc(-c5ccccc5)cc4)c3)c2)cn1. The summed E-state index contributed by atoms with van der Waals surface area (Å²) in [5.74, 6) is 0. The molecule has 0 saturated carbocycles. The second-order valence-corrected chi connectivity index (χ2v) is 19.3. The maximum absolute atomic E-state index is 5.19. The van der Waals surface area contributed by atoms with Crippen LogP contribution in [0.4, 0.5) is 0 Å². The number of hydrogen-bond acceptors (Lipinski definition) is 3. The van der Waals surface area contributed by atoms with Gasteiger partial charge >= 0.3 is 20.1 Å². The zero-order valence-corrected chi connectivity index (χ0v) is 45.3. The number of benzene rings is 10. The Morgan fingerprint density at radius 2 is 0.557 bits per heavy atom. The Bertz CT molecular complexity index is 4060. The van der Waals surface area contributed by atoms with Gasteiger partial charge in [-0.25, -0.2) is 0 Å². The summed E-state index contributed by atoms with van der Waals surface area (Å²) in [5, 5.41) is 0. The standard InChI is InChI=1S/C75H48N3.Ir/c1-5-20-52(21-6-1)53-36-38-54(39-37-53)58-28-19-29-59(44-58)71-48-75(57-26-11-4-12-27-57)78-51-72(71)70-35-18-17-34-69(70)64-46-62(67-32-15-13-30-65(67)60-40-42-73(76-49-60)55-22-7-2-8-23-55)45-63(47-64)68-33-16-14-31-66(68)61-41-43-74(77-50-61)56-24-9-3-10-25-56;/h1-22,24,26,28-51H;/q-3;+3. The fraction of sp³-hybridized carbons (Fsp3) is 0. The van der Waals surface area contributed by atoms with Gasteiger partial charge in [0.1, 0.15) is 0 Å². The molecule has 0 spiro atoms. The van der Waals surface area contributed by atoms with Crippen molar-refractivity contribution in [3.8, 4) is 134 Å². The topological polar surface area (TPSA) is 38.7 Å². The van der Waals surface area contributed by atoms with Gasteiger partial charge in [0.15, 0.2) is 0 Å². The maximum atomic E-state index is 5.19. The number of hydrogen-bond donors (Lipinski definition) is 0. The molecule has 3 heterocycles. The molecule has 0 aliphatic carbocycles. The van der Waals surface area contributed by atoms with Crippen LogP contribution in [0.25, 0.3) is 134 Å². The van der Waals surface area contributed by atoms with E-state index in [1.165, 1.54) is 11.1 Å². The van der Waals surface area contributed by atoms with Crippen molar-refractivity contribution < 1.29 is 20.1 Å². The summed E-state index contributed by atoms with van der Waals surface area (Å²) in [4.78, 5) is 15.1. The number of aromatic nitrogens is 3. The van der Waals surface area contributed by atoms with E-state index in [9.17, 15) is 0 Å². The third kappa shape index (κ3) is 10.6. The van der Waals surface area contributed by atoms with Crippen molar-refractivity contribution in [2.24, 2.45) is 0 Å².